The molecule has 1 amide bonds. The lowest BCUT2D eigenvalue weighted by molar-refractivity contribution is 0.0768. The van der Waals surface area contributed by atoms with Crippen LogP contribution in [0.2, 0.25) is 0 Å². The number of anilines is 1. The summed E-state index contributed by atoms with van der Waals surface area (Å²) in [6.45, 7) is 0. The quantitative estimate of drug-likeness (QED) is 0.857. The second-order valence-corrected chi connectivity index (χ2v) is 4.75. The average molecular weight is 285 g/mol. The van der Waals surface area contributed by atoms with Crippen molar-refractivity contribution >= 4 is 17.8 Å². The molecule has 1 aliphatic rings. The summed E-state index contributed by atoms with van der Waals surface area (Å²) in [7, 11) is 3.51. The third-order valence-electron chi connectivity index (χ3n) is 3.45. The molecular formula is C14H15N5O2. The first-order valence-electron chi connectivity index (χ1n) is 6.56. The van der Waals surface area contributed by atoms with Crippen molar-refractivity contribution in [3.8, 4) is 0 Å². The van der Waals surface area contributed by atoms with Crippen LogP contribution in [0.25, 0.3) is 0 Å². The van der Waals surface area contributed by atoms with E-state index in [2.05, 4.69) is 15.1 Å². The Hall–Kier alpha value is -2.70. The average Bonchev–Trinajstić information content (AvgIpc) is 3.16. The fraction of sp³-hybridized carbons (Fsp3) is 0.286. The van der Waals surface area contributed by atoms with E-state index < -0.39 is 0 Å². The van der Waals surface area contributed by atoms with Gasteiger partial charge in [0.05, 0.1) is 18.1 Å². The zero-order chi connectivity index (χ0) is 14.8. The number of nitrogens with zero attached hydrogens (tertiary/aromatic N) is 5. The van der Waals surface area contributed by atoms with E-state index in [1.807, 2.05) is 6.07 Å². The maximum atomic E-state index is 12.6. The number of hydrogen-bond acceptors (Lipinski definition) is 5. The lowest BCUT2D eigenvalue weighted by atomic mass is 10.2. The van der Waals surface area contributed by atoms with Crippen LogP contribution in [0.3, 0.4) is 0 Å². The Labute approximate surface area is 121 Å². The highest BCUT2D eigenvalue weighted by atomic mass is 16.6. The first kappa shape index (κ1) is 13.3. The molecule has 7 heteroatoms. The summed E-state index contributed by atoms with van der Waals surface area (Å²) in [5, 5.41) is 3.74. The molecular weight excluding hydrogens is 270 g/mol. The summed E-state index contributed by atoms with van der Waals surface area (Å²) in [5.74, 6) is 0.540. The van der Waals surface area contributed by atoms with Crippen LogP contribution in [-0.4, -0.2) is 33.7 Å². The van der Waals surface area contributed by atoms with Gasteiger partial charge in [-0.2, -0.15) is 0 Å². The van der Waals surface area contributed by atoms with Gasteiger partial charge in [0.25, 0.3) is 5.91 Å². The first-order valence-corrected chi connectivity index (χ1v) is 6.56. The van der Waals surface area contributed by atoms with Crippen LogP contribution < -0.4 is 4.90 Å². The summed E-state index contributed by atoms with van der Waals surface area (Å²) < 4.78 is 1.74. The zero-order valence-electron chi connectivity index (χ0n) is 11.8. The molecule has 0 spiro atoms. The standard InChI is InChI=1S/C14H15N5O2/c1-18(10-4-3-6-15-8-10)14(20)11-9-16-13(19(11)2)12-5-7-17-21-12/h3-4,6-9,12H,5H2,1-2H3. The summed E-state index contributed by atoms with van der Waals surface area (Å²) >= 11 is 0. The van der Waals surface area contributed by atoms with Crippen LogP contribution >= 0.6 is 0 Å². The Bertz CT molecular complexity index is 672. The minimum atomic E-state index is -0.222. The Balaban J connectivity index is 1.85. The number of aromatic nitrogens is 3. The fourth-order valence-corrected chi connectivity index (χ4v) is 2.21. The molecule has 0 fully saturated rings. The van der Waals surface area contributed by atoms with E-state index in [-0.39, 0.29) is 12.0 Å². The number of carbonyl (C=O) groups is 1. The highest BCUT2D eigenvalue weighted by molar-refractivity contribution is 6.04. The third-order valence-corrected chi connectivity index (χ3v) is 3.45. The van der Waals surface area contributed by atoms with Crippen molar-refractivity contribution in [1.82, 2.24) is 14.5 Å². The molecule has 0 saturated carbocycles. The predicted molar refractivity (Wildman–Crippen MR) is 77.1 cm³/mol. The van der Waals surface area contributed by atoms with Gasteiger partial charge in [0, 0.05) is 32.9 Å². The van der Waals surface area contributed by atoms with Crippen molar-refractivity contribution in [2.45, 2.75) is 12.5 Å². The predicted octanol–water partition coefficient (Wildman–Crippen LogP) is 1.54. The summed E-state index contributed by atoms with van der Waals surface area (Å²) in [4.78, 5) is 27.6. The van der Waals surface area contributed by atoms with E-state index in [0.717, 1.165) is 5.69 Å². The van der Waals surface area contributed by atoms with Gasteiger partial charge in [0.15, 0.2) is 11.9 Å². The number of amides is 1. The molecule has 1 unspecified atom stereocenters. The molecule has 1 aliphatic heterocycles. The van der Waals surface area contributed by atoms with Gasteiger partial charge in [-0.15, -0.1) is 0 Å². The van der Waals surface area contributed by atoms with Crippen LogP contribution in [0.1, 0.15) is 28.8 Å². The molecule has 3 rings (SSSR count). The second-order valence-electron chi connectivity index (χ2n) is 4.75. The molecule has 0 N–H and O–H groups in total. The van der Waals surface area contributed by atoms with Gasteiger partial charge in [-0.25, -0.2) is 4.98 Å². The van der Waals surface area contributed by atoms with Crippen molar-refractivity contribution in [1.29, 1.82) is 0 Å². The van der Waals surface area contributed by atoms with Crippen LogP contribution in [0.15, 0.2) is 35.9 Å². The van der Waals surface area contributed by atoms with Crippen LogP contribution in [-0.2, 0) is 11.9 Å². The van der Waals surface area contributed by atoms with Gasteiger partial charge in [-0.3, -0.25) is 9.78 Å². The van der Waals surface area contributed by atoms with Gasteiger partial charge >= 0.3 is 0 Å². The SMILES string of the molecule is CN(C(=O)c1cnc(C2CC=NO2)n1C)c1cccnc1. The minimum Gasteiger partial charge on any atom is -0.384 e. The molecule has 2 aromatic rings. The largest absolute Gasteiger partial charge is 0.384 e. The van der Waals surface area contributed by atoms with E-state index in [1.54, 1.807) is 54.4 Å². The van der Waals surface area contributed by atoms with E-state index in [0.29, 0.717) is 17.9 Å². The van der Waals surface area contributed by atoms with Crippen LogP contribution in [0, 0.1) is 0 Å². The molecule has 0 radical (unpaired) electrons. The fourth-order valence-electron chi connectivity index (χ4n) is 2.21. The number of imidazole rings is 1. The highest BCUT2D eigenvalue weighted by Gasteiger charge is 2.25. The first-order chi connectivity index (χ1) is 10.2. The molecule has 7 nitrogen and oxygen atoms in total. The Kier molecular flexibility index (Phi) is 3.39. The monoisotopic (exact) mass is 285 g/mol. The lowest BCUT2D eigenvalue weighted by Gasteiger charge is -2.17. The molecule has 0 bridgehead atoms. The van der Waals surface area contributed by atoms with E-state index in [1.165, 1.54) is 0 Å². The Morgan fingerprint density at radius 2 is 2.33 bits per heavy atom. The van der Waals surface area contributed by atoms with Crippen molar-refractivity contribution < 1.29 is 9.63 Å². The van der Waals surface area contributed by atoms with Crippen molar-refractivity contribution in [2.75, 3.05) is 11.9 Å². The number of rotatable bonds is 3. The summed E-state index contributed by atoms with van der Waals surface area (Å²) in [6, 6.07) is 3.62. The molecule has 0 aromatic carbocycles. The molecule has 1 atom stereocenters. The normalized spacial score (nSPS) is 16.8. The van der Waals surface area contributed by atoms with E-state index >= 15 is 0 Å². The van der Waals surface area contributed by atoms with Gasteiger partial charge < -0.3 is 14.3 Å². The number of oxime groups is 1. The van der Waals surface area contributed by atoms with Crippen LogP contribution in [0.5, 0.6) is 0 Å². The lowest BCUT2D eigenvalue weighted by Crippen LogP contribution is -2.28. The zero-order valence-corrected chi connectivity index (χ0v) is 11.8. The summed E-state index contributed by atoms with van der Waals surface area (Å²) in [5.41, 5.74) is 1.22. The summed E-state index contributed by atoms with van der Waals surface area (Å²) in [6.07, 6.45) is 7.01. The number of carbonyl (C=O) groups excluding carboxylic acids is 1. The van der Waals surface area contributed by atoms with Crippen molar-refractivity contribution in [3.05, 3.63) is 42.2 Å². The Morgan fingerprint density at radius 1 is 1.48 bits per heavy atom. The van der Waals surface area contributed by atoms with E-state index in [4.69, 9.17) is 4.84 Å². The molecule has 108 valence electrons. The minimum absolute atomic E-state index is 0.150. The molecule has 3 heterocycles. The third kappa shape index (κ3) is 2.37. The number of pyridine rings is 1. The topological polar surface area (TPSA) is 72.6 Å². The molecule has 0 saturated heterocycles. The van der Waals surface area contributed by atoms with Crippen molar-refractivity contribution in [2.24, 2.45) is 12.2 Å². The maximum Gasteiger partial charge on any atom is 0.276 e. The number of hydrogen-bond donors (Lipinski definition) is 0. The highest BCUT2D eigenvalue weighted by Crippen LogP contribution is 2.24. The van der Waals surface area contributed by atoms with Gasteiger partial charge in [0.2, 0.25) is 0 Å². The van der Waals surface area contributed by atoms with Crippen LogP contribution in [0.4, 0.5) is 5.69 Å². The second kappa shape index (κ2) is 5.35. The van der Waals surface area contributed by atoms with Gasteiger partial charge in [0.1, 0.15) is 5.69 Å². The van der Waals surface area contributed by atoms with Gasteiger partial charge in [-0.05, 0) is 12.1 Å². The van der Waals surface area contributed by atoms with Crippen molar-refractivity contribution in [3.63, 3.8) is 0 Å². The van der Waals surface area contributed by atoms with Gasteiger partial charge in [-0.1, -0.05) is 5.16 Å². The Morgan fingerprint density at radius 3 is 3.00 bits per heavy atom. The molecule has 2 aromatic heterocycles. The molecule has 21 heavy (non-hydrogen) atoms. The smallest absolute Gasteiger partial charge is 0.276 e. The molecule has 0 aliphatic carbocycles. The maximum absolute atomic E-state index is 12.6. The van der Waals surface area contributed by atoms with E-state index in [9.17, 15) is 4.79 Å².